The summed E-state index contributed by atoms with van der Waals surface area (Å²) in [6.45, 7) is 4.36. The van der Waals surface area contributed by atoms with Crippen LogP contribution in [0.15, 0.2) is 60.9 Å². The van der Waals surface area contributed by atoms with Gasteiger partial charge in [-0.05, 0) is 49.3 Å². The van der Waals surface area contributed by atoms with E-state index in [0.717, 1.165) is 11.5 Å². The average molecular weight is 386 g/mol. The highest BCUT2D eigenvalue weighted by atomic mass is 16.5. The molecule has 1 aliphatic carbocycles. The molecule has 4 nitrogen and oxygen atoms in total. The second kappa shape index (κ2) is 8.56. The van der Waals surface area contributed by atoms with Crippen molar-refractivity contribution in [2.45, 2.75) is 45.4 Å². The number of rotatable bonds is 4. The molecule has 1 aromatic heterocycles. The molecule has 4 heteroatoms. The third-order valence-corrected chi connectivity index (χ3v) is 5.78. The number of aryl methyl sites for hydroxylation is 1. The van der Waals surface area contributed by atoms with Gasteiger partial charge in [-0.3, -0.25) is 0 Å². The summed E-state index contributed by atoms with van der Waals surface area (Å²) in [5.41, 5.74) is 3.98. The standard InChI is InChI=1S/C25H26N2O2/c1-17-3-7-19(8-4-17)20-11-13-22(14-12-20)25(28)29-23-15-26-24(27-16-23)21-9-5-18(2)6-10-21/h5-6,9-17,19H,3-4,7-8H2,1-2H3. The molecule has 3 aromatic rings. The highest BCUT2D eigenvalue weighted by Crippen LogP contribution is 2.35. The molecular weight excluding hydrogens is 360 g/mol. The first-order valence-corrected chi connectivity index (χ1v) is 10.3. The highest BCUT2D eigenvalue weighted by Gasteiger charge is 2.20. The van der Waals surface area contributed by atoms with Crippen molar-refractivity contribution in [1.82, 2.24) is 9.97 Å². The number of nitrogens with zero attached hydrogens (tertiary/aromatic N) is 2. The Labute approximate surface area is 172 Å². The lowest BCUT2D eigenvalue weighted by Crippen LogP contribution is -2.12. The Hall–Kier alpha value is -3.01. The normalized spacial score (nSPS) is 19.0. The topological polar surface area (TPSA) is 52.1 Å². The number of hydrogen-bond donors (Lipinski definition) is 0. The van der Waals surface area contributed by atoms with E-state index in [1.54, 1.807) is 0 Å². The zero-order valence-corrected chi connectivity index (χ0v) is 17.0. The monoisotopic (exact) mass is 386 g/mol. The number of ether oxygens (including phenoxy) is 1. The summed E-state index contributed by atoms with van der Waals surface area (Å²) in [5.74, 6) is 2.01. The summed E-state index contributed by atoms with van der Waals surface area (Å²) in [6, 6.07) is 15.8. The molecule has 0 saturated heterocycles. The second-order valence-electron chi connectivity index (χ2n) is 8.08. The molecular formula is C25H26N2O2. The minimum absolute atomic E-state index is 0.344. The first-order valence-electron chi connectivity index (χ1n) is 10.3. The van der Waals surface area contributed by atoms with Crippen LogP contribution in [-0.2, 0) is 0 Å². The van der Waals surface area contributed by atoms with E-state index in [9.17, 15) is 4.79 Å². The fourth-order valence-electron chi connectivity index (χ4n) is 3.87. The van der Waals surface area contributed by atoms with E-state index >= 15 is 0 Å². The van der Waals surface area contributed by atoms with Gasteiger partial charge in [0.2, 0.25) is 0 Å². The van der Waals surface area contributed by atoms with Crippen LogP contribution in [0.4, 0.5) is 0 Å². The van der Waals surface area contributed by atoms with E-state index in [1.807, 2.05) is 43.3 Å². The summed E-state index contributed by atoms with van der Waals surface area (Å²) in [5, 5.41) is 0. The van der Waals surface area contributed by atoms with E-state index in [0.29, 0.717) is 23.1 Å². The van der Waals surface area contributed by atoms with Gasteiger partial charge < -0.3 is 4.74 Å². The van der Waals surface area contributed by atoms with Crippen LogP contribution in [0.2, 0.25) is 0 Å². The molecule has 0 spiro atoms. The van der Waals surface area contributed by atoms with Gasteiger partial charge in [-0.25, -0.2) is 14.8 Å². The molecule has 29 heavy (non-hydrogen) atoms. The molecule has 1 aliphatic rings. The number of carbonyl (C=O) groups is 1. The Bertz CT molecular complexity index is 955. The van der Waals surface area contributed by atoms with Gasteiger partial charge in [0.25, 0.3) is 0 Å². The highest BCUT2D eigenvalue weighted by molar-refractivity contribution is 5.91. The average Bonchev–Trinajstić information content (AvgIpc) is 2.76. The molecule has 0 radical (unpaired) electrons. The molecule has 148 valence electrons. The lowest BCUT2D eigenvalue weighted by atomic mass is 9.79. The van der Waals surface area contributed by atoms with Crippen molar-refractivity contribution in [2.75, 3.05) is 0 Å². The van der Waals surface area contributed by atoms with Crippen LogP contribution in [0.25, 0.3) is 11.4 Å². The number of benzene rings is 2. The van der Waals surface area contributed by atoms with Gasteiger partial charge in [0, 0.05) is 5.56 Å². The maximum Gasteiger partial charge on any atom is 0.343 e. The van der Waals surface area contributed by atoms with Gasteiger partial charge >= 0.3 is 5.97 Å². The molecule has 1 saturated carbocycles. The Morgan fingerprint density at radius 1 is 0.897 bits per heavy atom. The zero-order chi connectivity index (χ0) is 20.2. The van der Waals surface area contributed by atoms with Gasteiger partial charge in [-0.2, -0.15) is 0 Å². The summed E-state index contributed by atoms with van der Waals surface area (Å²) in [6.07, 6.45) is 8.11. The molecule has 0 amide bonds. The molecule has 0 atom stereocenters. The first kappa shape index (κ1) is 19.3. The van der Waals surface area contributed by atoms with E-state index in [1.165, 1.54) is 49.2 Å². The third-order valence-electron chi connectivity index (χ3n) is 5.78. The Balaban J connectivity index is 1.39. The number of carbonyl (C=O) groups excluding carboxylic acids is 1. The predicted molar refractivity (Wildman–Crippen MR) is 114 cm³/mol. The van der Waals surface area contributed by atoms with Crippen molar-refractivity contribution in [3.8, 4) is 17.1 Å². The van der Waals surface area contributed by atoms with Crippen molar-refractivity contribution in [1.29, 1.82) is 0 Å². The summed E-state index contributed by atoms with van der Waals surface area (Å²) >= 11 is 0. The maximum absolute atomic E-state index is 12.5. The molecule has 0 aliphatic heterocycles. The smallest absolute Gasteiger partial charge is 0.343 e. The van der Waals surface area contributed by atoms with Crippen LogP contribution in [-0.4, -0.2) is 15.9 Å². The lowest BCUT2D eigenvalue weighted by Gasteiger charge is -2.26. The molecule has 4 rings (SSSR count). The van der Waals surface area contributed by atoms with Crippen LogP contribution in [0, 0.1) is 12.8 Å². The van der Waals surface area contributed by atoms with E-state index in [2.05, 4.69) is 29.0 Å². The van der Waals surface area contributed by atoms with Crippen molar-refractivity contribution in [3.63, 3.8) is 0 Å². The third kappa shape index (κ3) is 4.70. The predicted octanol–water partition coefficient (Wildman–Crippen LogP) is 5.96. The van der Waals surface area contributed by atoms with Crippen LogP contribution in [0.3, 0.4) is 0 Å². The molecule has 0 bridgehead atoms. The Morgan fingerprint density at radius 3 is 2.14 bits per heavy atom. The van der Waals surface area contributed by atoms with E-state index in [4.69, 9.17) is 4.74 Å². The minimum Gasteiger partial charge on any atom is -0.420 e. The van der Waals surface area contributed by atoms with E-state index < -0.39 is 0 Å². The maximum atomic E-state index is 12.5. The summed E-state index contributed by atoms with van der Waals surface area (Å²) in [7, 11) is 0. The van der Waals surface area contributed by atoms with Gasteiger partial charge in [0.05, 0.1) is 18.0 Å². The van der Waals surface area contributed by atoms with Gasteiger partial charge in [-0.1, -0.05) is 61.7 Å². The van der Waals surface area contributed by atoms with Crippen LogP contribution in [0.1, 0.15) is 60.0 Å². The number of aromatic nitrogens is 2. The fourth-order valence-corrected chi connectivity index (χ4v) is 3.87. The van der Waals surface area contributed by atoms with Gasteiger partial charge in [0.15, 0.2) is 11.6 Å². The Morgan fingerprint density at radius 2 is 1.52 bits per heavy atom. The fraction of sp³-hybridized carbons (Fsp3) is 0.320. The zero-order valence-electron chi connectivity index (χ0n) is 17.0. The molecule has 0 N–H and O–H groups in total. The quantitative estimate of drug-likeness (QED) is 0.519. The molecule has 2 aromatic carbocycles. The van der Waals surface area contributed by atoms with Crippen LogP contribution >= 0.6 is 0 Å². The summed E-state index contributed by atoms with van der Waals surface area (Å²) < 4.78 is 5.45. The van der Waals surface area contributed by atoms with Crippen LogP contribution in [0.5, 0.6) is 5.75 Å². The molecule has 0 unspecified atom stereocenters. The Kier molecular flexibility index (Phi) is 5.70. The van der Waals surface area contributed by atoms with Gasteiger partial charge in [-0.15, -0.1) is 0 Å². The molecule has 1 heterocycles. The van der Waals surface area contributed by atoms with Crippen LogP contribution < -0.4 is 4.74 Å². The van der Waals surface area contributed by atoms with Crippen molar-refractivity contribution >= 4 is 5.97 Å². The largest absolute Gasteiger partial charge is 0.420 e. The summed E-state index contributed by atoms with van der Waals surface area (Å²) in [4.78, 5) is 21.1. The second-order valence-corrected chi connectivity index (χ2v) is 8.08. The van der Waals surface area contributed by atoms with E-state index in [-0.39, 0.29) is 5.97 Å². The first-order chi connectivity index (χ1) is 14.1. The number of esters is 1. The minimum atomic E-state index is -0.388. The molecule has 1 fully saturated rings. The lowest BCUT2D eigenvalue weighted by molar-refractivity contribution is 0.0733. The van der Waals surface area contributed by atoms with Crippen molar-refractivity contribution < 1.29 is 9.53 Å². The van der Waals surface area contributed by atoms with Gasteiger partial charge in [0.1, 0.15) is 0 Å². The van der Waals surface area contributed by atoms with Crippen molar-refractivity contribution in [3.05, 3.63) is 77.6 Å². The number of hydrogen-bond acceptors (Lipinski definition) is 4. The SMILES string of the molecule is Cc1ccc(-c2ncc(OC(=O)c3ccc(C4CCC(C)CC4)cc3)cn2)cc1. The van der Waals surface area contributed by atoms with Crippen molar-refractivity contribution in [2.24, 2.45) is 5.92 Å².